The van der Waals surface area contributed by atoms with Crippen molar-refractivity contribution in [1.82, 2.24) is 14.1 Å². The zero-order valence-electron chi connectivity index (χ0n) is 15.4. The number of rotatable bonds is 4. The average Bonchev–Trinajstić information content (AvgIpc) is 3.16. The molecule has 1 aromatic heterocycles. The minimum Gasteiger partial charge on any atom is -0.337 e. The van der Waals surface area contributed by atoms with Crippen LogP contribution < -0.4 is 0 Å². The van der Waals surface area contributed by atoms with Crippen molar-refractivity contribution in [2.75, 3.05) is 39.3 Å². The molecule has 0 unspecified atom stereocenters. The maximum Gasteiger partial charge on any atom is 0.244 e. The quantitative estimate of drug-likeness (QED) is 0.733. The third-order valence-electron chi connectivity index (χ3n) is 5.30. The number of carbonyl (C=O) groups excluding carboxylic acids is 1. The molecule has 0 spiro atoms. The molecule has 9 heteroatoms. The van der Waals surface area contributed by atoms with Gasteiger partial charge in [0, 0.05) is 44.1 Å². The molecule has 1 fully saturated rings. The van der Waals surface area contributed by atoms with Gasteiger partial charge in [-0.15, -0.1) is 11.3 Å². The van der Waals surface area contributed by atoms with E-state index in [0.29, 0.717) is 39.3 Å². The monoisotopic (exact) mass is 439 g/mol. The van der Waals surface area contributed by atoms with Crippen molar-refractivity contribution >= 4 is 38.9 Å². The molecular weight excluding hydrogens is 418 g/mol. The maximum atomic E-state index is 12.8. The zero-order chi connectivity index (χ0) is 19.7. The molecule has 1 amide bonds. The summed E-state index contributed by atoms with van der Waals surface area (Å²) < 4.78 is 27.1. The maximum absolute atomic E-state index is 12.8. The molecule has 4 rings (SSSR count). The lowest BCUT2D eigenvalue weighted by Gasteiger charge is -2.35. The number of thiophene rings is 1. The van der Waals surface area contributed by atoms with Crippen LogP contribution in [0, 0.1) is 0 Å². The lowest BCUT2D eigenvalue weighted by molar-refractivity contribution is -0.133. The van der Waals surface area contributed by atoms with Crippen LogP contribution in [0.3, 0.4) is 0 Å². The van der Waals surface area contributed by atoms with Gasteiger partial charge in [0.05, 0.1) is 11.6 Å². The Labute approximate surface area is 174 Å². The Balaban J connectivity index is 1.33. The predicted molar refractivity (Wildman–Crippen MR) is 110 cm³/mol. The third-order valence-corrected chi connectivity index (χ3v) is 8.73. The van der Waals surface area contributed by atoms with E-state index in [1.165, 1.54) is 20.8 Å². The summed E-state index contributed by atoms with van der Waals surface area (Å²) in [6.07, 6.45) is 0.919. The number of carbonyl (C=O) groups is 1. The van der Waals surface area contributed by atoms with Crippen LogP contribution in [0.1, 0.15) is 10.4 Å². The van der Waals surface area contributed by atoms with E-state index in [-0.39, 0.29) is 15.8 Å². The number of amides is 1. The first-order valence-corrected chi connectivity index (χ1v) is 11.9. The average molecular weight is 440 g/mol. The van der Waals surface area contributed by atoms with Gasteiger partial charge in [-0.1, -0.05) is 23.7 Å². The van der Waals surface area contributed by atoms with Gasteiger partial charge < -0.3 is 4.90 Å². The fraction of sp³-hybridized carbons (Fsp3) is 0.421. The highest BCUT2D eigenvalue weighted by atomic mass is 35.5. The van der Waals surface area contributed by atoms with Crippen molar-refractivity contribution in [3.05, 3.63) is 51.2 Å². The molecule has 0 saturated carbocycles. The summed E-state index contributed by atoms with van der Waals surface area (Å²) in [5, 5.41) is 2.31. The van der Waals surface area contributed by atoms with Crippen LogP contribution in [-0.4, -0.2) is 67.7 Å². The van der Waals surface area contributed by atoms with Crippen LogP contribution >= 0.6 is 22.9 Å². The van der Waals surface area contributed by atoms with Gasteiger partial charge in [-0.2, -0.15) is 4.31 Å². The standard InChI is InChI=1S/C19H22ClN3O3S2/c20-16-3-1-2-4-18(16)28(25,26)23-10-8-21(9-11-23)14-19(24)22-7-5-17-15(13-22)6-12-27-17/h1-4,6,12H,5,7-11,13-14H2. The topological polar surface area (TPSA) is 60.9 Å². The second kappa shape index (κ2) is 8.12. The number of hydrogen-bond donors (Lipinski definition) is 0. The molecule has 150 valence electrons. The van der Waals surface area contributed by atoms with Crippen LogP contribution in [0.4, 0.5) is 0 Å². The first-order valence-electron chi connectivity index (χ1n) is 9.25. The van der Waals surface area contributed by atoms with Crippen molar-refractivity contribution in [3.8, 4) is 0 Å². The van der Waals surface area contributed by atoms with Crippen molar-refractivity contribution in [3.63, 3.8) is 0 Å². The van der Waals surface area contributed by atoms with Gasteiger partial charge in [0.15, 0.2) is 0 Å². The van der Waals surface area contributed by atoms with Gasteiger partial charge in [-0.05, 0) is 35.6 Å². The normalized spacial score (nSPS) is 18.8. The lowest BCUT2D eigenvalue weighted by Crippen LogP contribution is -2.51. The van der Waals surface area contributed by atoms with Crippen LogP contribution in [0.15, 0.2) is 40.6 Å². The minimum absolute atomic E-state index is 0.110. The molecule has 0 bridgehead atoms. The summed E-state index contributed by atoms with van der Waals surface area (Å²) >= 11 is 7.83. The van der Waals surface area contributed by atoms with Gasteiger partial charge in [0.25, 0.3) is 0 Å². The zero-order valence-corrected chi connectivity index (χ0v) is 17.8. The number of nitrogens with zero attached hydrogens (tertiary/aromatic N) is 3. The minimum atomic E-state index is -3.61. The van der Waals surface area contributed by atoms with Crippen LogP contribution in [0.25, 0.3) is 0 Å². The highest BCUT2D eigenvalue weighted by molar-refractivity contribution is 7.89. The molecule has 0 N–H and O–H groups in total. The van der Waals surface area contributed by atoms with Crippen molar-refractivity contribution in [2.24, 2.45) is 0 Å². The summed E-state index contributed by atoms with van der Waals surface area (Å²) in [4.78, 5) is 18.1. The Kier molecular flexibility index (Phi) is 5.76. The number of benzene rings is 1. The molecule has 6 nitrogen and oxygen atoms in total. The van der Waals surface area contributed by atoms with E-state index < -0.39 is 10.0 Å². The number of piperazine rings is 1. The van der Waals surface area contributed by atoms with Gasteiger partial charge in [-0.25, -0.2) is 8.42 Å². The van der Waals surface area contributed by atoms with Gasteiger partial charge in [0.2, 0.25) is 15.9 Å². The molecule has 2 aliphatic heterocycles. The number of sulfonamides is 1. The molecular formula is C19H22ClN3O3S2. The summed E-state index contributed by atoms with van der Waals surface area (Å²) in [7, 11) is -3.61. The molecule has 0 atom stereocenters. The van der Waals surface area contributed by atoms with Crippen LogP contribution in [-0.2, 0) is 27.8 Å². The van der Waals surface area contributed by atoms with Crippen LogP contribution in [0.2, 0.25) is 5.02 Å². The Morgan fingerprint density at radius 2 is 1.82 bits per heavy atom. The van der Waals surface area contributed by atoms with E-state index in [4.69, 9.17) is 11.6 Å². The van der Waals surface area contributed by atoms with E-state index in [1.807, 2.05) is 9.80 Å². The predicted octanol–water partition coefficient (Wildman–Crippen LogP) is 2.29. The summed E-state index contributed by atoms with van der Waals surface area (Å²) in [6.45, 7) is 3.55. The second-order valence-corrected chi connectivity index (χ2v) is 10.4. The fourth-order valence-corrected chi connectivity index (χ4v) is 6.48. The van der Waals surface area contributed by atoms with Crippen molar-refractivity contribution < 1.29 is 13.2 Å². The smallest absolute Gasteiger partial charge is 0.244 e. The lowest BCUT2D eigenvalue weighted by atomic mass is 10.1. The second-order valence-electron chi connectivity index (χ2n) is 7.04. The van der Waals surface area contributed by atoms with Gasteiger partial charge in [0.1, 0.15) is 4.90 Å². The Hall–Kier alpha value is -1.45. The van der Waals surface area contributed by atoms with Gasteiger partial charge >= 0.3 is 0 Å². The largest absolute Gasteiger partial charge is 0.337 e. The fourth-order valence-electron chi connectivity index (χ4n) is 3.67. The summed E-state index contributed by atoms with van der Waals surface area (Å²) in [5.41, 5.74) is 1.25. The number of fused-ring (bicyclic) bond motifs is 1. The number of hydrogen-bond acceptors (Lipinski definition) is 5. The van der Waals surface area contributed by atoms with E-state index in [0.717, 1.165) is 13.0 Å². The van der Waals surface area contributed by atoms with Crippen molar-refractivity contribution in [1.29, 1.82) is 0 Å². The highest BCUT2D eigenvalue weighted by Crippen LogP contribution is 2.26. The molecule has 0 aliphatic carbocycles. The van der Waals surface area contributed by atoms with E-state index in [1.54, 1.807) is 29.5 Å². The van der Waals surface area contributed by atoms with Crippen LogP contribution in [0.5, 0.6) is 0 Å². The Bertz CT molecular complexity index is 968. The highest BCUT2D eigenvalue weighted by Gasteiger charge is 2.31. The Morgan fingerprint density at radius 1 is 1.07 bits per heavy atom. The molecule has 2 aliphatic rings. The third kappa shape index (κ3) is 3.97. The molecule has 1 saturated heterocycles. The number of halogens is 1. The molecule has 28 heavy (non-hydrogen) atoms. The first-order chi connectivity index (χ1) is 13.4. The van der Waals surface area contributed by atoms with Crippen molar-refractivity contribution in [2.45, 2.75) is 17.9 Å². The molecule has 1 aromatic carbocycles. The summed E-state index contributed by atoms with van der Waals surface area (Å²) in [6, 6.07) is 8.59. The molecule has 0 radical (unpaired) electrons. The SMILES string of the molecule is O=C(CN1CCN(S(=O)(=O)c2ccccc2Cl)CC1)N1CCc2sccc2C1. The van der Waals surface area contributed by atoms with E-state index in [9.17, 15) is 13.2 Å². The van der Waals surface area contributed by atoms with E-state index >= 15 is 0 Å². The first kappa shape index (κ1) is 19.8. The molecule has 2 aromatic rings. The van der Waals surface area contributed by atoms with E-state index in [2.05, 4.69) is 11.4 Å². The Morgan fingerprint density at radius 3 is 2.57 bits per heavy atom. The van der Waals surface area contributed by atoms with Gasteiger partial charge in [-0.3, -0.25) is 9.69 Å². The molecule has 3 heterocycles. The summed E-state index contributed by atoms with van der Waals surface area (Å²) in [5.74, 6) is 0.110.